The Bertz CT molecular complexity index is 887. The maximum atomic E-state index is 12.2. The molecule has 0 aromatic heterocycles. The first kappa shape index (κ1) is 18.9. The van der Waals surface area contributed by atoms with Gasteiger partial charge in [-0.2, -0.15) is 0 Å². The number of halogens is 1. The summed E-state index contributed by atoms with van der Waals surface area (Å²) in [6.07, 6.45) is 1.97. The molecule has 0 saturated heterocycles. The van der Waals surface area contributed by atoms with Crippen molar-refractivity contribution in [2.45, 2.75) is 18.9 Å². The van der Waals surface area contributed by atoms with Gasteiger partial charge in [0.1, 0.15) is 5.69 Å². The van der Waals surface area contributed by atoms with Gasteiger partial charge in [-0.1, -0.05) is 11.6 Å². The Kier molecular flexibility index (Phi) is 5.72. The highest BCUT2D eigenvalue weighted by molar-refractivity contribution is 7.80. The summed E-state index contributed by atoms with van der Waals surface area (Å²) in [4.78, 5) is 23.0. The molecule has 0 bridgehead atoms. The topological polar surface area (TPSA) is 108 Å². The maximum absolute atomic E-state index is 12.2. The van der Waals surface area contributed by atoms with Crippen molar-refractivity contribution >= 4 is 51.9 Å². The highest BCUT2D eigenvalue weighted by Gasteiger charge is 2.25. The van der Waals surface area contributed by atoms with Gasteiger partial charge < -0.3 is 10.6 Å². The summed E-state index contributed by atoms with van der Waals surface area (Å²) in [7, 11) is 0. The Morgan fingerprint density at radius 3 is 2.48 bits per heavy atom. The summed E-state index contributed by atoms with van der Waals surface area (Å²) in [6, 6.07) is 11.4. The number of hydrazine groups is 1. The second-order valence-electron chi connectivity index (χ2n) is 5.95. The first-order valence-electron chi connectivity index (χ1n) is 8.10. The van der Waals surface area contributed by atoms with E-state index in [4.69, 9.17) is 23.8 Å². The fourth-order valence-corrected chi connectivity index (χ4v) is 2.57. The van der Waals surface area contributed by atoms with Crippen LogP contribution in [0.3, 0.4) is 0 Å². The van der Waals surface area contributed by atoms with E-state index in [-0.39, 0.29) is 22.4 Å². The van der Waals surface area contributed by atoms with E-state index < -0.39 is 10.8 Å². The smallest absolute Gasteiger partial charge is 0.293 e. The summed E-state index contributed by atoms with van der Waals surface area (Å²) < 4.78 is 0. The van der Waals surface area contributed by atoms with Crippen molar-refractivity contribution in [1.29, 1.82) is 0 Å². The van der Waals surface area contributed by atoms with Crippen LogP contribution in [0.1, 0.15) is 23.2 Å². The van der Waals surface area contributed by atoms with Crippen molar-refractivity contribution in [2.24, 2.45) is 0 Å². The molecule has 3 rings (SSSR count). The predicted molar refractivity (Wildman–Crippen MR) is 108 cm³/mol. The molecule has 0 radical (unpaired) electrons. The normalized spacial score (nSPS) is 12.8. The zero-order chi connectivity index (χ0) is 19.4. The lowest BCUT2D eigenvalue weighted by Gasteiger charge is -2.12. The number of carbonyl (C=O) groups is 1. The average molecular weight is 406 g/mol. The van der Waals surface area contributed by atoms with Crippen LogP contribution in [-0.4, -0.2) is 22.0 Å². The van der Waals surface area contributed by atoms with Crippen LogP contribution in [0.4, 0.5) is 17.1 Å². The number of nitrogens with zero attached hydrogens (tertiary/aromatic N) is 1. The van der Waals surface area contributed by atoms with E-state index >= 15 is 0 Å². The van der Waals surface area contributed by atoms with Crippen molar-refractivity contribution in [3.05, 3.63) is 63.2 Å². The number of thiocarbonyl (C=S) groups is 1. The first-order valence-corrected chi connectivity index (χ1v) is 8.89. The summed E-state index contributed by atoms with van der Waals surface area (Å²) in [5.41, 5.74) is 6.06. The fraction of sp³-hybridized carbons (Fsp3) is 0.176. The molecule has 0 unspecified atom stereocenters. The minimum absolute atomic E-state index is 0.142. The van der Waals surface area contributed by atoms with Crippen molar-refractivity contribution in [3.63, 3.8) is 0 Å². The Morgan fingerprint density at radius 1 is 1.15 bits per heavy atom. The van der Waals surface area contributed by atoms with E-state index in [1.54, 1.807) is 24.3 Å². The number of nitro benzene ring substituents is 1. The molecule has 2 aromatic carbocycles. The minimum Gasteiger partial charge on any atom is -0.377 e. The zero-order valence-electron chi connectivity index (χ0n) is 14.0. The first-order chi connectivity index (χ1) is 12.9. The van der Waals surface area contributed by atoms with Crippen molar-refractivity contribution in [3.8, 4) is 0 Å². The van der Waals surface area contributed by atoms with Crippen LogP contribution in [0.5, 0.6) is 0 Å². The van der Waals surface area contributed by atoms with E-state index in [0.29, 0.717) is 16.4 Å². The number of carbonyl (C=O) groups excluding carboxylic acids is 1. The molecule has 27 heavy (non-hydrogen) atoms. The molecule has 1 saturated carbocycles. The molecule has 140 valence electrons. The molecular formula is C17H16ClN5O3S. The number of hydrogen-bond donors (Lipinski definition) is 4. The van der Waals surface area contributed by atoms with Crippen LogP contribution in [-0.2, 0) is 0 Å². The molecule has 0 aliphatic heterocycles. The largest absolute Gasteiger partial charge is 0.377 e. The number of nitrogens with one attached hydrogen (secondary N) is 4. The lowest BCUT2D eigenvalue weighted by Crippen LogP contribution is -2.43. The highest BCUT2D eigenvalue weighted by Crippen LogP contribution is 2.31. The average Bonchev–Trinajstić information content (AvgIpc) is 3.46. The standard InChI is InChI=1S/C17H16ClN5O3S/c18-11-2-4-13(5-3-11)20-17(27)22-21-16(24)10-1-8-14(19-12-6-7-12)15(9-10)23(25)26/h1-5,8-9,12,19H,6-7H2,(H,21,24)(H2,20,22,27). The molecule has 1 aliphatic rings. The van der Waals surface area contributed by atoms with Gasteiger partial charge in [-0.15, -0.1) is 0 Å². The van der Waals surface area contributed by atoms with Gasteiger partial charge in [0.2, 0.25) is 0 Å². The van der Waals surface area contributed by atoms with Crippen LogP contribution < -0.4 is 21.5 Å². The molecule has 4 N–H and O–H groups in total. The second kappa shape index (κ2) is 8.19. The summed E-state index contributed by atoms with van der Waals surface area (Å²) >= 11 is 10.9. The van der Waals surface area contributed by atoms with Gasteiger partial charge in [0.15, 0.2) is 5.11 Å². The monoisotopic (exact) mass is 405 g/mol. The Morgan fingerprint density at radius 2 is 1.85 bits per heavy atom. The van der Waals surface area contributed by atoms with Crippen LogP contribution in [0.2, 0.25) is 5.02 Å². The number of amides is 1. The van der Waals surface area contributed by atoms with Crippen LogP contribution >= 0.6 is 23.8 Å². The molecular weight excluding hydrogens is 390 g/mol. The maximum Gasteiger partial charge on any atom is 0.293 e. The van der Waals surface area contributed by atoms with Gasteiger partial charge in [-0.3, -0.25) is 25.8 Å². The number of nitro groups is 1. The molecule has 1 aliphatic carbocycles. The van der Waals surface area contributed by atoms with Crippen molar-refractivity contribution in [1.82, 2.24) is 10.9 Å². The number of anilines is 2. The van der Waals surface area contributed by atoms with Gasteiger partial charge in [-0.25, -0.2) is 0 Å². The Labute approximate surface area is 165 Å². The second-order valence-corrected chi connectivity index (χ2v) is 6.79. The molecule has 0 heterocycles. The van der Waals surface area contributed by atoms with Gasteiger partial charge in [0, 0.05) is 28.4 Å². The van der Waals surface area contributed by atoms with E-state index in [1.807, 2.05) is 0 Å². The third-order valence-electron chi connectivity index (χ3n) is 3.79. The molecule has 10 heteroatoms. The predicted octanol–water partition coefficient (Wildman–Crippen LogP) is 3.45. The van der Waals surface area contributed by atoms with Crippen molar-refractivity contribution < 1.29 is 9.72 Å². The van der Waals surface area contributed by atoms with Crippen LogP contribution in [0, 0.1) is 10.1 Å². The third-order valence-corrected chi connectivity index (χ3v) is 4.24. The SMILES string of the molecule is O=C(NNC(=S)Nc1ccc(Cl)cc1)c1ccc(NC2CC2)c([N+](=O)[O-])c1. The lowest BCUT2D eigenvalue weighted by molar-refractivity contribution is -0.384. The summed E-state index contributed by atoms with van der Waals surface area (Å²) in [5.74, 6) is -0.545. The van der Waals surface area contributed by atoms with Gasteiger partial charge in [0.25, 0.3) is 11.6 Å². The Hall–Kier alpha value is -2.91. The van der Waals surface area contributed by atoms with Gasteiger partial charge >= 0.3 is 0 Å². The van der Waals surface area contributed by atoms with Gasteiger partial charge in [-0.05, 0) is 61.5 Å². The molecule has 8 nitrogen and oxygen atoms in total. The summed E-state index contributed by atoms with van der Waals surface area (Å²) in [5, 5.41) is 18.0. The molecule has 2 aromatic rings. The lowest BCUT2D eigenvalue weighted by atomic mass is 10.1. The van der Waals surface area contributed by atoms with E-state index in [1.165, 1.54) is 18.2 Å². The van der Waals surface area contributed by atoms with E-state index in [0.717, 1.165) is 12.8 Å². The van der Waals surface area contributed by atoms with Crippen LogP contribution in [0.15, 0.2) is 42.5 Å². The number of hydrogen-bond acceptors (Lipinski definition) is 5. The zero-order valence-corrected chi connectivity index (χ0v) is 15.6. The third kappa shape index (κ3) is 5.28. The van der Waals surface area contributed by atoms with E-state index in [2.05, 4.69) is 21.5 Å². The number of rotatable bonds is 5. The minimum atomic E-state index is -0.545. The van der Waals surface area contributed by atoms with E-state index in [9.17, 15) is 14.9 Å². The molecule has 0 atom stereocenters. The molecule has 1 fully saturated rings. The molecule has 1 amide bonds. The quantitative estimate of drug-likeness (QED) is 0.342. The van der Waals surface area contributed by atoms with Gasteiger partial charge in [0.05, 0.1) is 4.92 Å². The number of benzene rings is 2. The molecule has 0 spiro atoms. The van der Waals surface area contributed by atoms with Crippen molar-refractivity contribution in [2.75, 3.05) is 10.6 Å². The fourth-order valence-electron chi connectivity index (χ4n) is 2.27. The summed E-state index contributed by atoms with van der Waals surface area (Å²) in [6.45, 7) is 0. The Balaban J connectivity index is 1.59. The van der Waals surface area contributed by atoms with Crippen LogP contribution in [0.25, 0.3) is 0 Å². The highest BCUT2D eigenvalue weighted by atomic mass is 35.5.